The van der Waals surface area contributed by atoms with E-state index in [1.54, 1.807) is 0 Å². The minimum Gasteiger partial charge on any atom is -0.444 e. The second kappa shape index (κ2) is 8.14. The summed E-state index contributed by atoms with van der Waals surface area (Å²) in [6, 6.07) is 20.0. The van der Waals surface area contributed by atoms with Gasteiger partial charge in [0.2, 0.25) is 6.29 Å². The molecule has 0 N–H and O–H groups in total. The van der Waals surface area contributed by atoms with Crippen LogP contribution in [0.1, 0.15) is 11.1 Å². The zero-order valence-corrected chi connectivity index (χ0v) is 15.0. The third-order valence-corrected chi connectivity index (χ3v) is 4.58. The smallest absolute Gasteiger partial charge is 0.355 e. The van der Waals surface area contributed by atoms with E-state index in [4.69, 9.17) is 35.9 Å². The quantitative estimate of drug-likeness (QED) is 0.696. The number of thiocarbonyl (C=S) groups is 1. The van der Waals surface area contributed by atoms with Crippen molar-refractivity contribution in [1.82, 2.24) is 0 Å². The van der Waals surface area contributed by atoms with Crippen LogP contribution >= 0.6 is 12.2 Å². The van der Waals surface area contributed by atoms with Crippen LogP contribution in [-0.4, -0.2) is 36.4 Å². The molecule has 4 atom stereocenters. The van der Waals surface area contributed by atoms with Crippen molar-refractivity contribution in [3.8, 4) is 0 Å². The van der Waals surface area contributed by atoms with Gasteiger partial charge in [0.25, 0.3) is 0 Å². The highest BCUT2D eigenvalue weighted by Gasteiger charge is 2.53. The second-order valence-electron chi connectivity index (χ2n) is 6.26. The van der Waals surface area contributed by atoms with Crippen LogP contribution in [0.3, 0.4) is 0 Å². The summed E-state index contributed by atoms with van der Waals surface area (Å²) in [5.41, 5.74) is 2.20. The van der Waals surface area contributed by atoms with Crippen molar-refractivity contribution in [3.63, 3.8) is 0 Å². The van der Waals surface area contributed by atoms with Gasteiger partial charge in [0.05, 0.1) is 19.8 Å². The highest BCUT2D eigenvalue weighted by Crippen LogP contribution is 2.33. The highest BCUT2D eigenvalue weighted by molar-refractivity contribution is 7.79. The first-order valence-corrected chi connectivity index (χ1v) is 9.00. The Hall–Kier alpha value is -1.99. The van der Waals surface area contributed by atoms with Crippen molar-refractivity contribution in [2.24, 2.45) is 0 Å². The fraction of sp³-hybridized carbons (Fsp3) is 0.350. The Morgan fingerprint density at radius 1 is 0.846 bits per heavy atom. The minimum absolute atomic E-state index is 0.108. The first-order valence-electron chi connectivity index (χ1n) is 8.59. The van der Waals surface area contributed by atoms with Crippen molar-refractivity contribution in [2.45, 2.75) is 37.8 Å². The number of hydrogen-bond acceptors (Lipinski definition) is 6. The average Bonchev–Trinajstić information content (AvgIpc) is 3.17. The maximum absolute atomic E-state index is 6.10. The predicted octanol–water partition coefficient (Wildman–Crippen LogP) is 3.21. The van der Waals surface area contributed by atoms with Crippen LogP contribution in [0.15, 0.2) is 60.7 Å². The lowest BCUT2D eigenvalue weighted by molar-refractivity contribution is -0.113. The zero-order valence-electron chi connectivity index (χ0n) is 14.2. The number of fused-ring (bicyclic) bond motifs is 1. The molecule has 26 heavy (non-hydrogen) atoms. The molecular formula is C20H20O5S. The Labute approximate surface area is 157 Å². The molecule has 0 radical (unpaired) electrons. The summed E-state index contributed by atoms with van der Waals surface area (Å²) >= 11 is 4.98. The standard InChI is InChI=1S/C20H20O5S/c26-20-24-18-17(22-12-15-9-5-2-6-10-15)16(23-19(18)25-20)13-21-11-14-7-3-1-4-8-14/h1-10,16-19H,11-13H2/t16-,17+,18-,19-/m1/s1. The van der Waals surface area contributed by atoms with E-state index in [-0.39, 0.29) is 23.5 Å². The lowest BCUT2D eigenvalue weighted by Crippen LogP contribution is -2.37. The fourth-order valence-electron chi connectivity index (χ4n) is 3.11. The molecule has 136 valence electrons. The first-order chi connectivity index (χ1) is 12.8. The van der Waals surface area contributed by atoms with Gasteiger partial charge in [-0.2, -0.15) is 0 Å². The van der Waals surface area contributed by atoms with Gasteiger partial charge < -0.3 is 23.7 Å². The third-order valence-electron chi connectivity index (χ3n) is 4.39. The van der Waals surface area contributed by atoms with Crippen molar-refractivity contribution < 1.29 is 23.7 Å². The highest BCUT2D eigenvalue weighted by atomic mass is 32.1. The van der Waals surface area contributed by atoms with Gasteiger partial charge in [-0.3, -0.25) is 0 Å². The second-order valence-corrected chi connectivity index (χ2v) is 6.59. The summed E-state index contributed by atoms with van der Waals surface area (Å²) in [4.78, 5) is 0. The third kappa shape index (κ3) is 4.04. The SMILES string of the molecule is S=C1O[C@H]2O[C@H](COCc3ccccc3)[C@H](OCc3ccccc3)[C@H]2O1. The van der Waals surface area contributed by atoms with Crippen LogP contribution < -0.4 is 0 Å². The Bertz CT molecular complexity index is 723. The maximum Gasteiger partial charge on any atom is 0.355 e. The number of benzene rings is 2. The van der Waals surface area contributed by atoms with Gasteiger partial charge in [0.15, 0.2) is 6.10 Å². The van der Waals surface area contributed by atoms with Gasteiger partial charge in [0, 0.05) is 12.2 Å². The van der Waals surface area contributed by atoms with E-state index in [9.17, 15) is 0 Å². The van der Waals surface area contributed by atoms with Gasteiger partial charge in [-0.25, -0.2) is 0 Å². The van der Waals surface area contributed by atoms with Gasteiger partial charge in [-0.15, -0.1) is 0 Å². The maximum atomic E-state index is 6.10. The molecule has 0 amide bonds. The predicted molar refractivity (Wildman–Crippen MR) is 98.3 cm³/mol. The number of ether oxygens (including phenoxy) is 5. The molecular weight excluding hydrogens is 352 g/mol. The first kappa shape index (κ1) is 17.4. The van der Waals surface area contributed by atoms with Crippen LogP contribution in [-0.2, 0) is 36.9 Å². The monoisotopic (exact) mass is 372 g/mol. The van der Waals surface area contributed by atoms with Gasteiger partial charge in [-0.05, 0) is 11.1 Å². The molecule has 2 heterocycles. The van der Waals surface area contributed by atoms with E-state index in [2.05, 4.69) is 0 Å². The normalized spacial score (nSPS) is 27.0. The zero-order chi connectivity index (χ0) is 17.8. The van der Waals surface area contributed by atoms with E-state index < -0.39 is 6.29 Å². The molecule has 2 aliphatic heterocycles. The van der Waals surface area contributed by atoms with E-state index in [1.165, 1.54) is 0 Å². The van der Waals surface area contributed by atoms with Crippen LogP contribution in [0, 0.1) is 0 Å². The van der Waals surface area contributed by atoms with Gasteiger partial charge in [0.1, 0.15) is 12.2 Å². The van der Waals surface area contributed by atoms with Crippen LogP contribution in [0.25, 0.3) is 0 Å². The summed E-state index contributed by atoms with van der Waals surface area (Å²) in [5, 5.41) is 0.108. The Kier molecular flexibility index (Phi) is 5.45. The summed E-state index contributed by atoms with van der Waals surface area (Å²) in [7, 11) is 0. The van der Waals surface area contributed by atoms with E-state index >= 15 is 0 Å². The number of rotatable bonds is 7. The van der Waals surface area contributed by atoms with Gasteiger partial charge in [-0.1, -0.05) is 60.7 Å². The van der Waals surface area contributed by atoms with Crippen LogP contribution in [0.5, 0.6) is 0 Å². The fourth-order valence-corrected chi connectivity index (χ4v) is 3.32. The molecule has 0 saturated carbocycles. The summed E-state index contributed by atoms with van der Waals surface area (Å²) < 4.78 is 28.8. The Balaban J connectivity index is 1.36. The van der Waals surface area contributed by atoms with Crippen LogP contribution in [0.2, 0.25) is 0 Å². The molecule has 0 aromatic heterocycles. The lowest BCUT2D eigenvalue weighted by Gasteiger charge is -2.21. The molecule has 2 aromatic carbocycles. The summed E-state index contributed by atoms with van der Waals surface area (Å²) in [6.45, 7) is 1.37. The molecule has 0 bridgehead atoms. The minimum atomic E-state index is -0.534. The van der Waals surface area contributed by atoms with Crippen LogP contribution in [0.4, 0.5) is 0 Å². The van der Waals surface area contributed by atoms with Gasteiger partial charge >= 0.3 is 5.24 Å². The Morgan fingerprint density at radius 2 is 1.50 bits per heavy atom. The van der Waals surface area contributed by atoms with Crippen molar-refractivity contribution in [3.05, 3.63) is 71.8 Å². The molecule has 0 spiro atoms. The largest absolute Gasteiger partial charge is 0.444 e. The summed E-state index contributed by atoms with van der Waals surface area (Å²) in [6.07, 6.45) is -1.48. The topological polar surface area (TPSA) is 46.2 Å². The van der Waals surface area contributed by atoms with E-state index in [1.807, 2.05) is 60.7 Å². The van der Waals surface area contributed by atoms with Crippen molar-refractivity contribution in [2.75, 3.05) is 6.61 Å². The molecule has 0 unspecified atom stereocenters. The molecule has 6 heteroatoms. The lowest BCUT2D eigenvalue weighted by atomic mass is 10.1. The summed E-state index contributed by atoms with van der Waals surface area (Å²) in [5.74, 6) is 0. The molecule has 0 aliphatic carbocycles. The molecule has 2 fully saturated rings. The molecule has 2 aliphatic rings. The number of hydrogen-bond donors (Lipinski definition) is 0. The Morgan fingerprint density at radius 3 is 2.19 bits per heavy atom. The van der Waals surface area contributed by atoms with Crippen molar-refractivity contribution >= 4 is 17.5 Å². The molecule has 2 aromatic rings. The van der Waals surface area contributed by atoms with E-state index in [0.717, 1.165) is 11.1 Å². The molecule has 5 nitrogen and oxygen atoms in total. The average molecular weight is 372 g/mol. The van der Waals surface area contributed by atoms with E-state index in [0.29, 0.717) is 19.8 Å². The molecule has 2 saturated heterocycles. The molecule has 4 rings (SSSR count). The van der Waals surface area contributed by atoms with Crippen molar-refractivity contribution in [1.29, 1.82) is 0 Å².